The maximum Gasteiger partial charge on any atom is 0.315 e. The Morgan fingerprint density at radius 3 is 2.06 bits per heavy atom. The Hall–Kier alpha value is -2.12. The van der Waals surface area contributed by atoms with Crippen molar-refractivity contribution in [1.82, 2.24) is 26.2 Å². The van der Waals surface area contributed by atoms with Crippen LogP contribution in [0, 0.1) is 17.3 Å². The molecule has 0 radical (unpaired) electrons. The van der Waals surface area contributed by atoms with Gasteiger partial charge in [0.1, 0.15) is 16.4 Å². The van der Waals surface area contributed by atoms with Crippen LogP contribution in [-0.2, 0) is 29.0 Å². The fourth-order valence-electron chi connectivity index (χ4n) is 6.93. The average Bonchev–Trinajstić information content (AvgIpc) is 3.81. The molecule has 4 N–H and O–H groups in total. The number of hydrogen-bond donors (Lipinski definition) is 4. The monoisotopic (exact) mass is 733 g/mol. The molecule has 4 aliphatic rings. The highest BCUT2D eigenvalue weighted by atomic mass is 35.5. The van der Waals surface area contributed by atoms with E-state index in [9.17, 15) is 32.4 Å². The van der Waals surface area contributed by atoms with Crippen LogP contribution in [0.25, 0.3) is 0 Å². The van der Waals surface area contributed by atoms with E-state index in [0.717, 1.165) is 32.1 Å². The standard InChI is InChI=1S/C33H53Cl2N5O7S/c1-8-12-21(24(41)27(43)36-19-13-14-19)37-26(42)23-22-20(33(22,34)35)17-40(23)28(44)25(30(2,3)4)38-29(45)39-32(15-10-9-11-16-32)18-48(46,47)31(5,6)7/h19-23,25H,8-18H2,1-7H3,(H,36,43)(H,37,42)(H2,38,39,45)/t20-,21?,22-,23-,25+/m0/s1. The zero-order valence-electron chi connectivity index (χ0n) is 29.2. The van der Waals surface area contributed by atoms with Crippen LogP contribution in [-0.4, -0.2) is 93.9 Å². The van der Waals surface area contributed by atoms with Gasteiger partial charge in [0, 0.05) is 24.4 Å². The third kappa shape index (κ3) is 8.42. The van der Waals surface area contributed by atoms with Gasteiger partial charge < -0.3 is 26.2 Å². The van der Waals surface area contributed by atoms with Crippen LogP contribution >= 0.6 is 23.2 Å². The number of halogens is 2. The number of urea groups is 1. The topological polar surface area (TPSA) is 171 Å². The molecule has 0 bridgehead atoms. The van der Waals surface area contributed by atoms with Crippen molar-refractivity contribution in [3.05, 3.63) is 0 Å². The summed E-state index contributed by atoms with van der Waals surface area (Å²) in [5.74, 6) is -3.90. The first-order valence-electron chi connectivity index (χ1n) is 17.2. The summed E-state index contributed by atoms with van der Waals surface area (Å²) in [7, 11) is -3.58. The van der Waals surface area contributed by atoms with Crippen molar-refractivity contribution in [1.29, 1.82) is 0 Å². The normalized spacial score (nSPS) is 26.0. The molecule has 15 heteroatoms. The number of alkyl halides is 2. The van der Waals surface area contributed by atoms with E-state index in [1.165, 1.54) is 4.90 Å². The Morgan fingerprint density at radius 1 is 0.938 bits per heavy atom. The lowest BCUT2D eigenvalue weighted by Crippen LogP contribution is -2.64. The highest BCUT2D eigenvalue weighted by Gasteiger charge is 2.74. The first kappa shape index (κ1) is 38.7. The third-order valence-electron chi connectivity index (χ3n) is 10.2. The average molecular weight is 735 g/mol. The smallest absolute Gasteiger partial charge is 0.315 e. The molecule has 48 heavy (non-hydrogen) atoms. The van der Waals surface area contributed by atoms with E-state index in [0.29, 0.717) is 19.3 Å². The van der Waals surface area contributed by atoms with Crippen LogP contribution < -0.4 is 21.3 Å². The number of ketones is 1. The number of nitrogens with zero attached hydrogens (tertiary/aromatic N) is 1. The summed E-state index contributed by atoms with van der Waals surface area (Å²) in [6, 6.07) is -4.03. The summed E-state index contributed by atoms with van der Waals surface area (Å²) in [5, 5.41) is 11.2. The minimum absolute atomic E-state index is 0.0300. The fourth-order valence-corrected chi connectivity index (χ4v) is 9.27. The Bertz CT molecular complexity index is 1400. The molecule has 0 aromatic rings. The van der Waals surface area contributed by atoms with E-state index in [1.807, 2.05) is 6.92 Å². The molecule has 3 aliphatic carbocycles. The lowest BCUT2D eigenvalue weighted by atomic mass is 9.83. The van der Waals surface area contributed by atoms with Gasteiger partial charge in [0.05, 0.1) is 22.1 Å². The molecular weight excluding hydrogens is 681 g/mol. The van der Waals surface area contributed by atoms with E-state index in [1.54, 1.807) is 41.5 Å². The van der Waals surface area contributed by atoms with Gasteiger partial charge in [-0.3, -0.25) is 19.2 Å². The van der Waals surface area contributed by atoms with E-state index < -0.39 is 89.4 Å². The minimum Gasteiger partial charge on any atom is -0.347 e. The number of sulfone groups is 1. The van der Waals surface area contributed by atoms with Gasteiger partial charge in [-0.15, -0.1) is 23.2 Å². The molecule has 1 saturated heterocycles. The van der Waals surface area contributed by atoms with E-state index in [2.05, 4.69) is 21.3 Å². The van der Waals surface area contributed by atoms with Crippen LogP contribution in [0.15, 0.2) is 0 Å². The molecule has 12 nitrogen and oxygen atoms in total. The number of carbonyl (C=O) groups is 5. The zero-order chi connectivity index (χ0) is 36.0. The summed E-state index contributed by atoms with van der Waals surface area (Å²) in [6.07, 6.45) is 5.79. The zero-order valence-corrected chi connectivity index (χ0v) is 31.5. The molecule has 4 rings (SSSR count). The molecule has 1 aliphatic heterocycles. The Labute approximate surface area is 294 Å². The molecule has 1 unspecified atom stereocenters. The van der Waals surface area contributed by atoms with Gasteiger partial charge in [0.15, 0.2) is 9.84 Å². The lowest BCUT2D eigenvalue weighted by molar-refractivity contribution is -0.144. The number of carbonyl (C=O) groups excluding carboxylic acids is 5. The predicted molar refractivity (Wildman–Crippen MR) is 184 cm³/mol. The van der Waals surface area contributed by atoms with Gasteiger partial charge in [0.2, 0.25) is 17.6 Å². The number of Topliss-reactive ketones (excluding diaryl/α,β-unsaturated/α-hetero) is 1. The predicted octanol–water partition coefficient (Wildman–Crippen LogP) is 3.38. The van der Waals surface area contributed by atoms with Crippen LogP contribution in [0.2, 0.25) is 0 Å². The SMILES string of the molecule is CCCC(NC(=O)[C@@H]1[C@@H]2[C@H](CN1C(=O)[C@@H](NC(=O)NC1(CS(=O)(=O)C(C)(C)C)CCCCC1)C(C)(C)C)C2(Cl)Cl)C(=O)C(=O)NC1CC1. The van der Waals surface area contributed by atoms with E-state index >= 15 is 0 Å². The van der Waals surface area contributed by atoms with Crippen molar-refractivity contribution in [2.24, 2.45) is 17.3 Å². The molecule has 4 fully saturated rings. The molecule has 5 amide bonds. The maximum absolute atomic E-state index is 14.3. The van der Waals surface area contributed by atoms with Gasteiger partial charge in [0.25, 0.3) is 5.91 Å². The second kappa shape index (κ2) is 13.9. The number of nitrogens with one attached hydrogen (secondary N) is 4. The van der Waals surface area contributed by atoms with Crippen molar-refractivity contribution in [2.75, 3.05) is 12.3 Å². The fraction of sp³-hybridized carbons (Fsp3) is 0.848. The lowest BCUT2D eigenvalue weighted by Gasteiger charge is -2.41. The number of hydrogen-bond acceptors (Lipinski definition) is 7. The van der Waals surface area contributed by atoms with E-state index in [-0.39, 0.29) is 24.8 Å². The van der Waals surface area contributed by atoms with Gasteiger partial charge in [-0.05, 0) is 58.3 Å². The Morgan fingerprint density at radius 2 is 1.54 bits per heavy atom. The van der Waals surface area contributed by atoms with Gasteiger partial charge >= 0.3 is 6.03 Å². The Kier molecular flexibility index (Phi) is 11.2. The van der Waals surface area contributed by atoms with Gasteiger partial charge in [-0.2, -0.15) is 0 Å². The molecule has 0 aromatic carbocycles. The number of amides is 5. The maximum atomic E-state index is 14.3. The number of likely N-dealkylation sites (tertiary alicyclic amines) is 1. The second-order valence-corrected chi connectivity index (χ2v) is 20.5. The van der Waals surface area contributed by atoms with Crippen LogP contribution in [0.3, 0.4) is 0 Å². The van der Waals surface area contributed by atoms with Crippen LogP contribution in [0.5, 0.6) is 0 Å². The van der Waals surface area contributed by atoms with Crippen molar-refractivity contribution in [3.63, 3.8) is 0 Å². The summed E-state index contributed by atoms with van der Waals surface area (Å²) in [5.41, 5.74) is -1.80. The first-order valence-corrected chi connectivity index (χ1v) is 19.6. The molecule has 272 valence electrons. The number of fused-ring (bicyclic) bond motifs is 1. The molecule has 5 atom stereocenters. The number of rotatable bonds is 12. The van der Waals surface area contributed by atoms with Crippen molar-refractivity contribution in [3.8, 4) is 0 Å². The quantitative estimate of drug-likeness (QED) is 0.176. The molecule has 0 aromatic heterocycles. The summed E-state index contributed by atoms with van der Waals surface area (Å²) < 4.78 is 24.3. The molecule has 1 heterocycles. The van der Waals surface area contributed by atoms with Crippen LogP contribution in [0.1, 0.15) is 106 Å². The highest BCUT2D eigenvalue weighted by Crippen LogP contribution is 2.65. The third-order valence-corrected chi connectivity index (χ3v) is 14.1. The second-order valence-electron chi connectivity index (χ2n) is 16.3. The van der Waals surface area contributed by atoms with Crippen molar-refractivity contribution < 1.29 is 32.4 Å². The van der Waals surface area contributed by atoms with E-state index in [4.69, 9.17) is 23.2 Å². The minimum atomic E-state index is -3.58. The van der Waals surface area contributed by atoms with Crippen molar-refractivity contribution >= 4 is 62.6 Å². The van der Waals surface area contributed by atoms with Gasteiger partial charge in [-0.25, -0.2) is 13.2 Å². The number of piperidine rings is 1. The summed E-state index contributed by atoms with van der Waals surface area (Å²) in [6.45, 7) is 12.2. The summed E-state index contributed by atoms with van der Waals surface area (Å²) >= 11 is 13.1. The largest absolute Gasteiger partial charge is 0.347 e. The molecule has 3 saturated carbocycles. The molecule has 0 spiro atoms. The van der Waals surface area contributed by atoms with Crippen LogP contribution in [0.4, 0.5) is 4.79 Å². The Balaban J connectivity index is 1.54. The van der Waals surface area contributed by atoms with Gasteiger partial charge in [-0.1, -0.05) is 53.4 Å². The molecular formula is C33H53Cl2N5O7S. The first-order chi connectivity index (χ1) is 22.0. The van der Waals surface area contributed by atoms with Crippen molar-refractivity contribution in [2.45, 2.75) is 145 Å². The summed E-state index contributed by atoms with van der Waals surface area (Å²) in [4.78, 5) is 68.8. The highest BCUT2D eigenvalue weighted by molar-refractivity contribution is 7.92.